The summed E-state index contributed by atoms with van der Waals surface area (Å²) in [6.45, 7) is 10.2. The van der Waals surface area contributed by atoms with Crippen molar-refractivity contribution in [3.63, 3.8) is 0 Å². The monoisotopic (exact) mass is 235 g/mol. The third-order valence-electron chi connectivity index (χ3n) is 2.22. The second-order valence-corrected chi connectivity index (χ2v) is 5.21. The first-order valence-corrected chi connectivity index (χ1v) is 6.49. The van der Waals surface area contributed by atoms with Crippen LogP contribution in [0.5, 0.6) is 0 Å². The second-order valence-electron chi connectivity index (χ2n) is 4.47. The van der Waals surface area contributed by atoms with Crippen molar-refractivity contribution >= 4 is 11.6 Å². The van der Waals surface area contributed by atoms with E-state index in [0.29, 0.717) is 5.38 Å². The van der Waals surface area contributed by atoms with Gasteiger partial charge in [0, 0.05) is 18.5 Å². The topological polar surface area (TPSA) is 21.3 Å². The molecule has 0 aliphatic carbocycles. The fraction of sp³-hybridized carbons (Fsp3) is 1.00. The third-order valence-corrected chi connectivity index (χ3v) is 2.44. The molecule has 2 nitrogen and oxygen atoms in total. The van der Waals surface area contributed by atoms with E-state index in [0.717, 1.165) is 51.5 Å². The van der Waals surface area contributed by atoms with Crippen LogP contribution in [0.15, 0.2) is 0 Å². The number of alkyl halides is 1. The molecule has 0 bridgehead atoms. The zero-order chi connectivity index (χ0) is 11.5. The van der Waals surface area contributed by atoms with Crippen molar-refractivity contribution in [3.05, 3.63) is 0 Å². The first-order valence-electron chi connectivity index (χ1n) is 6.05. The van der Waals surface area contributed by atoms with Crippen molar-refractivity contribution in [2.75, 3.05) is 26.3 Å². The van der Waals surface area contributed by atoms with Gasteiger partial charge in [0.1, 0.15) is 0 Å². The molecule has 0 fully saturated rings. The molecule has 92 valence electrons. The maximum Gasteiger partial charge on any atom is 0.0590 e. The molecule has 0 aromatic rings. The molecule has 1 unspecified atom stereocenters. The Morgan fingerprint density at radius 3 is 2.40 bits per heavy atom. The van der Waals surface area contributed by atoms with Crippen molar-refractivity contribution in [1.82, 2.24) is 5.32 Å². The highest BCUT2D eigenvalue weighted by Crippen LogP contribution is 2.02. The third kappa shape index (κ3) is 14.2. The molecule has 1 N–H and O–H groups in total. The van der Waals surface area contributed by atoms with Gasteiger partial charge >= 0.3 is 0 Å². The summed E-state index contributed by atoms with van der Waals surface area (Å²) in [6.07, 6.45) is 3.39. The maximum absolute atomic E-state index is 5.84. The summed E-state index contributed by atoms with van der Waals surface area (Å²) in [5.74, 6) is 0.739. The summed E-state index contributed by atoms with van der Waals surface area (Å²) in [5.41, 5.74) is 0. The van der Waals surface area contributed by atoms with E-state index in [1.54, 1.807) is 0 Å². The van der Waals surface area contributed by atoms with Crippen LogP contribution >= 0.6 is 11.6 Å². The summed E-state index contributed by atoms with van der Waals surface area (Å²) in [5, 5.41) is 3.65. The van der Waals surface area contributed by atoms with E-state index < -0.39 is 0 Å². The fourth-order valence-electron chi connectivity index (χ4n) is 1.20. The van der Waals surface area contributed by atoms with Gasteiger partial charge in [-0.15, -0.1) is 11.6 Å². The van der Waals surface area contributed by atoms with Gasteiger partial charge in [0.15, 0.2) is 0 Å². The highest BCUT2D eigenvalue weighted by molar-refractivity contribution is 6.20. The summed E-state index contributed by atoms with van der Waals surface area (Å²) in [7, 11) is 0. The first-order chi connectivity index (χ1) is 7.13. The van der Waals surface area contributed by atoms with E-state index in [-0.39, 0.29) is 0 Å². The Balaban J connectivity index is 2.93. The minimum absolute atomic E-state index is 0.300. The normalized spacial score (nSPS) is 13.4. The molecule has 0 saturated carbocycles. The molecule has 0 amide bonds. The van der Waals surface area contributed by atoms with Crippen LogP contribution in [0.2, 0.25) is 0 Å². The predicted molar refractivity (Wildman–Crippen MR) is 67.7 cm³/mol. The summed E-state index contributed by atoms with van der Waals surface area (Å²) in [6, 6.07) is 0. The number of hydrogen-bond acceptors (Lipinski definition) is 2. The van der Waals surface area contributed by atoms with Crippen molar-refractivity contribution in [2.24, 2.45) is 5.92 Å². The Labute approximate surface area is 99.7 Å². The zero-order valence-corrected chi connectivity index (χ0v) is 11.1. The molecule has 0 aliphatic heterocycles. The lowest BCUT2D eigenvalue weighted by Gasteiger charge is -2.08. The number of hydrogen-bond donors (Lipinski definition) is 1. The quantitative estimate of drug-likeness (QED) is 0.464. The molecule has 0 heterocycles. The molecule has 0 saturated heterocycles. The van der Waals surface area contributed by atoms with E-state index in [1.165, 1.54) is 0 Å². The lowest BCUT2D eigenvalue weighted by Crippen LogP contribution is -2.21. The minimum atomic E-state index is 0.300. The maximum atomic E-state index is 5.84. The Bertz CT molecular complexity index is 115. The Kier molecular flexibility index (Phi) is 10.9. The van der Waals surface area contributed by atoms with E-state index in [9.17, 15) is 0 Å². The summed E-state index contributed by atoms with van der Waals surface area (Å²) in [4.78, 5) is 0. The molecule has 15 heavy (non-hydrogen) atoms. The number of rotatable bonds is 10. The SMILES string of the molecule is CC(C)CCOCCNCCCC(C)Cl. The summed E-state index contributed by atoms with van der Waals surface area (Å²) < 4.78 is 5.48. The highest BCUT2D eigenvalue weighted by Gasteiger charge is 1.96. The van der Waals surface area contributed by atoms with Crippen molar-refractivity contribution in [1.29, 1.82) is 0 Å². The second kappa shape index (κ2) is 10.7. The molecule has 0 rings (SSSR count). The van der Waals surface area contributed by atoms with Gasteiger partial charge in [-0.05, 0) is 38.6 Å². The molecule has 0 aliphatic rings. The van der Waals surface area contributed by atoms with Crippen molar-refractivity contribution in [3.8, 4) is 0 Å². The fourth-order valence-corrected chi connectivity index (χ4v) is 1.35. The molecule has 0 radical (unpaired) electrons. The van der Waals surface area contributed by atoms with Crippen LogP contribution in [-0.4, -0.2) is 31.7 Å². The van der Waals surface area contributed by atoms with E-state index in [1.807, 2.05) is 6.92 Å². The Hall–Kier alpha value is 0.210. The zero-order valence-electron chi connectivity index (χ0n) is 10.4. The van der Waals surface area contributed by atoms with E-state index >= 15 is 0 Å². The van der Waals surface area contributed by atoms with Gasteiger partial charge in [-0.1, -0.05) is 13.8 Å². The van der Waals surface area contributed by atoms with Crippen LogP contribution in [0, 0.1) is 5.92 Å². The smallest absolute Gasteiger partial charge is 0.0590 e. The van der Waals surface area contributed by atoms with Crippen LogP contribution in [0.1, 0.15) is 40.0 Å². The van der Waals surface area contributed by atoms with Gasteiger partial charge in [0.2, 0.25) is 0 Å². The van der Waals surface area contributed by atoms with Crippen LogP contribution in [-0.2, 0) is 4.74 Å². The van der Waals surface area contributed by atoms with Gasteiger partial charge in [-0.2, -0.15) is 0 Å². The lowest BCUT2D eigenvalue weighted by molar-refractivity contribution is 0.125. The molecule has 0 aromatic heterocycles. The lowest BCUT2D eigenvalue weighted by atomic mass is 10.1. The number of ether oxygens (including phenoxy) is 1. The predicted octanol–water partition coefficient (Wildman–Crippen LogP) is 3.05. The van der Waals surface area contributed by atoms with E-state index in [2.05, 4.69) is 19.2 Å². The minimum Gasteiger partial charge on any atom is -0.380 e. The van der Waals surface area contributed by atoms with Gasteiger partial charge < -0.3 is 10.1 Å². The molecule has 0 spiro atoms. The number of halogens is 1. The standard InChI is InChI=1S/C12H26ClNO/c1-11(2)6-9-15-10-8-14-7-4-5-12(3)13/h11-12,14H,4-10H2,1-3H3. The van der Waals surface area contributed by atoms with Crippen molar-refractivity contribution < 1.29 is 4.74 Å². The van der Waals surface area contributed by atoms with Crippen LogP contribution < -0.4 is 5.32 Å². The van der Waals surface area contributed by atoms with Gasteiger partial charge in [0.05, 0.1) is 6.61 Å². The molecule has 0 aromatic carbocycles. The highest BCUT2D eigenvalue weighted by atomic mass is 35.5. The van der Waals surface area contributed by atoms with Crippen LogP contribution in [0.25, 0.3) is 0 Å². The molecule has 1 atom stereocenters. The van der Waals surface area contributed by atoms with Crippen LogP contribution in [0.3, 0.4) is 0 Å². The van der Waals surface area contributed by atoms with E-state index in [4.69, 9.17) is 16.3 Å². The van der Waals surface area contributed by atoms with Crippen LogP contribution in [0.4, 0.5) is 0 Å². The largest absolute Gasteiger partial charge is 0.380 e. The number of nitrogens with one attached hydrogen (secondary N) is 1. The molecule has 3 heteroatoms. The van der Waals surface area contributed by atoms with Crippen molar-refractivity contribution in [2.45, 2.75) is 45.4 Å². The Morgan fingerprint density at radius 2 is 1.80 bits per heavy atom. The average molecular weight is 236 g/mol. The molecular formula is C12H26ClNO. The molecular weight excluding hydrogens is 210 g/mol. The first kappa shape index (κ1) is 15.2. The van der Waals surface area contributed by atoms with Gasteiger partial charge in [-0.25, -0.2) is 0 Å². The van der Waals surface area contributed by atoms with Gasteiger partial charge in [-0.3, -0.25) is 0 Å². The van der Waals surface area contributed by atoms with Gasteiger partial charge in [0.25, 0.3) is 0 Å². The Morgan fingerprint density at radius 1 is 1.07 bits per heavy atom. The average Bonchev–Trinajstić information content (AvgIpc) is 2.14. The summed E-state index contributed by atoms with van der Waals surface area (Å²) >= 11 is 5.84.